The average molecular weight is 218 g/mol. The Morgan fingerprint density at radius 3 is 2.30 bits per heavy atom. The molecule has 4 nitrogen and oxygen atoms in total. The van der Waals surface area contributed by atoms with Gasteiger partial charge in [-0.25, -0.2) is 0 Å². The van der Waals surface area contributed by atoms with Crippen molar-refractivity contribution in [1.29, 1.82) is 0 Å². The largest absolute Gasteiger partial charge is 0.507 e. The number of nitrogens with one attached hydrogen (secondary N) is 2. The molecule has 2 N–H and O–H groups in total. The van der Waals surface area contributed by atoms with Crippen LogP contribution in [0.5, 0.6) is 0 Å². The zero-order valence-electron chi connectivity index (χ0n) is 5.81. The molecule has 0 aromatic carbocycles. The van der Waals surface area contributed by atoms with E-state index in [1.165, 1.54) is 6.92 Å². The number of amides is 2. The van der Waals surface area contributed by atoms with Crippen LogP contribution in [0.3, 0.4) is 0 Å². The monoisotopic (exact) mass is 218 g/mol. The van der Waals surface area contributed by atoms with Gasteiger partial charge >= 0.3 is 0 Å². The van der Waals surface area contributed by atoms with E-state index in [0.29, 0.717) is 0 Å². The van der Waals surface area contributed by atoms with Crippen LogP contribution in [-0.2, 0) is 42.3 Å². The summed E-state index contributed by atoms with van der Waals surface area (Å²) in [5.74, 6) is -0.524. The molecule has 5 heteroatoms. The summed E-state index contributed by atoms with van der Waals surface area (Å²) in [6.45, 7) is 1.34. The van der Waals surface area contributed by atoms with Crippen molar-refractivity contribution in [3.8, 4) is 0 Å². The Labute approximate surface area is 85.0 Å². The van der Waals surface area contributed by atoms with Gasteiger partial charge in [-0.15, -0.1) is 0 Å². The van der Waals surface area contributed by atoms with Gasteiger partial charge in [-0.2, -0.15) is 0 Å². The van der Waals surface area contributed by atoms with E-state index in [-0.39, 0.29) is 51.1 Å². The normalized spacial score (nSPS) is 7.40. The molecule has 0 aliphatic rings. The van der Waals surface area contributed by atoms with E-state index in [9.17, 15) is 9.59 Å². The molecule has 0 aliphatic heterocycles. The van der Waals surface area contributed by atoms with Gasteiger partial charge in [-0.3, -0.25) is 16.6 Å². The van der Waals surface area contributed by atoms with Crippen molar-refractivity contribution in [2.24, 2.45) is 0 Å². The van der Waals surface area contributed by atoms with Gasteiger partial charge in [0, 0.05) is 39.6 Å². The number of rotatable bonds is 2. The van der Waals surface area contributed by atoms with Crippen LogP contribution in [0.15, 0.2) is 0 Å². The number of hydrogen-bond acceptors (Lipinski definition) is 2. The fourth-order valence-electron chi connectivity index (χ4n) is 0.267. The zero-order chi connectivity index (χ0) is 7.28. The molecule has 0 aromatic rings. The maximum Gasteiger partial charge on any atom is 0.217 e. The smallest absolute Gasteiger partial charge is 0.217 e. The third-order valence-corrected chi connectivity index (χ3v) is 0.695. The summed E-state index contributed by atoms with van der Waals surface area (Å²) in [5.41, 5.74) is 0. The fourth-order valence-corrected chi connectivity index (χ4v) is 0.267. The first-order chi connectivity index (χ1) is 4.16. The van der Waals surface area contributed by atoms with Crippen molar-refractivity contribution in [2.45, 2.75) is 6.92 Å². The SMILES string of the molecule is [CH2-]NC(=O)CNC(C)=O.[Y]. The summed E-state index contributed by atoms with van der Waals surface area (Å²) in [4.78, 5) is 20.5. The predicted molar refractivity (Wildman–Crippen MR) is 32.2 cm³/mol. The van der Waals surface area contributed by atoms with E-state index in [1.54, 1.807) is 0 Å². The van der Waals surface area contributed by atoms with Crippen molar-refractivity contribution >= 4 is 11.8 Å². The number of hydrogen-bond donors (Lipinski definition) is 2. The first-order valence-electron chi connectivity index (χ1n) is 2.47. The molecular formula is C5H9N2O2Y-. The third-order valence-electron chi connectivity index (χ3n) is 0.695. The first-order valence-corrected chi connectivity index (χ1v) is 2.47. The Hall–Kier alpha value is 0.0439. The molecule has 0 spiro atoms. The summed E-state index contributed by atoms with van der Waals surface area (Å²) < 4.78 is 0. The molecule has 0 atom stereocenters. The summed E-state index contributed by atoms with van der Waals surface area (Å²) in [5, 5.41) is 4.42. The minimum atomic E-state index is -0.301. The van der Waals surface area contributed by atoms with Crippen LogP contribution in [0, 0.1) is 7.05 Å². The van der Waals surface area contributed by atoms with Crippen LogP contribution in [0.2, 0.25) is 0 Å². The van der Waals surface area contributed by atoms with Crippen molar-refractivity contribution in [1.82, 2.24) is 10.6 Å². The Balaban J connectivity index is 0. The standard InChI is InChI=1S/C5H9N2O2.Y/c1-4(8)7-3-5(9)6-2;/h2-3H2,1H3,(H,6,9)(H,7,8);/q-1;. The minimum absolute atomic E-state index is 0. The molecule has 10 heavy (non-hydrogen) atoms. The van der Waals surface area contributed by atoms with E-state index in [2.05, 4.69) is 17.7 Å². The first kappa shape index (κ1) is 12.7. The number of carbonyl (C=O) groups excluding carboxylic acids is 2. The van der Waals surface area contributed by atoms with Crippen molar-refractivity contribution < 1.29 is 42.3 Å². The Kier molecular flexibility index (Phi) is 9.08. The molecule has 0 unspecified atom stereocenters. The van der Waals surface area contributed by atoms with Gasteiger partial charge in [0.25, 0.3) is 0 Å². The van der Waals surface area contributed by atoms with Crippen molar-refractivity contribution in [2.75, 3.05) is 6.54 Å². The summed E-state index contributed by atoms with van der Waals surface area (Å²) >= 11 is 0. The molecule has 0 rings (SSSR count). The van der Waals surface area contributed by atoms with Gasteiger partial charge in [-0.05, 0) is 0 Å². The molecule has 0 fully saturated rings. The summed E-state index contributed by atoms with van der Waals surface area (Å²) in [6.07, 6.45) is 0. The molecule has 0 aliphatic carbocycles. The van der Waals surface area contributed by atoms with Crippen LogP contribution in [0.4, 0.5) is 0 Å². The third kappa shape index (κ3) is 8.04. The van der Waals surface area contributed by atoms with Gasteiger partial charge < -0.3 is 10.6 Å². The summed E-state index contributed by atoms with van der Waals surface area (Å²) in [6, 6.07) is 0. The average Bonchev–Trinajstić information content (AvgIpc) is 1.83. The molecule has 0 bridgehead atoms. The predicted octanol–water partition coefficient (Wildman–Crippen LogP) is -0.972. The van der Waals surface area contributed by atoms with Crippen molar-refractivity contribution in [3.05, 3.63) is 7.05 Å². The van der Waals surface area contributed by atoms with Crippen LogP contribution in [-0.4, -0.2) is 18.4 Å². The quantitative estimate of drug-likeness (QED) is 0.586. The molecule has 1 radical (unpaired) electrons. The second kappa shape index (κ2) is 7.15. The molecular weight excluding hydrogens is 209 g/mol. The molecule has 0 heterocycles. The van der Waals surface area contributed by atoms with Crippen molar-refractivity contribution in [3.63, 3.8) is 0 Å². The molecule has 2 amide bonds. The van der Waals surface area contributed by atoms with Gasteiger partial charge in [0.2, 0.25) is 11.8 Å². The minimum Gasteiger partial charge on any atom is -0.507 e. The van der Waals surface area contributed by atoms with Crippen LogP contribution < -0.4 is 10.6 Å². The maximum atomic E-state index is 10.3. The van der Waals surface area contributed by atoms with Crippen LogP contribution in [0.1, 0.15) is 6.92 Å². The van der Waals surface area contributed by atoms with E-state index in [4.69, 9.17) is 0 Å². The second-order valence-electron chi connectivity index (χ2n) is 1.51. The van der Waals surface area contributed by atoms with Crippen LogP contribution >= 0.6 is 0 Å². The van der Waals surface area contributed by atoms with E-state index in [0.717, 1.165) is 0 Å². The Morgan fingerprint density at radius 2 is 2.00 bits per heavy atom. The van der Waals surface area contributed by atoms with Crippen LogP contribution in [0.25, 0.3) is 0 Å². The van der Waals surface area contributed by atoms with E-state index < -0.39 is 0 Å². The molecule has 0 saturated carbocycles. The fraction of sp³-hybridized carbons (Fsp3) is 0.400. The zero-order valence-corrected chi connectivity index (χ0v) is 8.65. The maximum absolute atomic E-state index is 10.3. The van der Waals surface area contributed by atoms with E-state index >= 15 is 0 Å². The summed E-state index contributed by atoms with van der Waals surface area (Å²) in [7, 11) is 3.11. The molecule has 0 aromatic heterocycles. The van der Waals surface area contributed by atoms with Gasteiger partial charge in [0.05, 0.1) is 6.54 Å². The topological polar surface area (TPSA) is 58.2 Å². The second-order valence-corrected chi connectivity index (χ2v) is 1.51. The molecule has 0 saturated heterocycles. The van der Waals surface area contributed by atoms with E-state index in [1.807, 2.05) is 0 Å². The Bertz CT molecular complexity index is 127. The van der Waals surface area contributed by atoms with Gasteiger partial charge in [-0.1, -0.05) is 0 Å². The number of carbonyl (C=O) groups is 2. The Morgan fingerprint density at radius 1 is 1.50 bits per heavy atom. The van der Waals surface area contributed by atoms with Gasteiger partial charge in [0.15, 0.2) is 0 Å². The molecule has 55 valence electrons. The van der Waals surface area contributed by atoms with Gasteiger partial charge in [0.1, 0.15) is 0 Å².